The van der Waals surface area contributed by atoms with E-state index in [2.05, 4.69) is 29.4 Å². The van der Waals surface area contributed by atoms with Crippen LogP contribution in [0.3, 0.4) is 0 Å². The quantitative estimate of drug-likeness (QED) is 0.516. The minimum absolute atomic E-state index is 0.0571. The summed E-state index contributed by atoms with van der Waals surface area (Å²) >= 11 is 1.22. The lowest BCUT2D eigenvalue weighted by molar-refractivity contribution is -0.119. The zero-order valence-corrected chi connectivity index (χ0v) is 16.2. The Morgan fingerprint density at radius 2 is 1.92 bits per heavy atom. The first-order valence-electron chi connectivity index (χ1n) is 8.75. The zero-order chi connectivity index (χ0) is 19.1. The van der Waals surface area contributed by atoms with Gasteiger partial charge in [-0.1, -0.05) is 38.5 Å². The third-order valence-corrected chi connectivity index (χ3v) is 4.87. The lowest BCUT2D eigenvalue weighted by atomic mass is 10.0. The topological polar surface area (TPSA) is 85.8 Å². The van der Waals surface area contributed by atoms with E-state index >= 15 is 0 Å². The lowest BCUT2D eigenvalue weighted by Crippen LogP contribution is -2.34. The highest BCUT2D eigenvalue weighted by atomic mass is 32.2. The minimum Gasteiger partial charge on any atom is -0.353 e. The number of nitrogens with two attached hydrogens (primary N) is 1. The molecule has 1 heterocycles. The average molecular weight is 380 g/mol. The summed E-state index contributed by atoms with van der Waals surface area (Å²) in [5, 5.41) is 11.5. The van der Waals surface area contributed by atoms with Crippen LogP contribution in [-0.2, 0) is 4.79 Å². The van der Waals surface area contributed by atoms with Crippen molar-refractivity contribution in [1.82, 2.24) is 20.2 Å². The number of hydrogen-bond donors (Lipinski definition) is 2. The number of halogens is 1. The summed E-state index contributed by atoms with van der Waals surface area (Å²) in [6, 6.07) is 5.99. The molecule has 26 heavy (non-hydrogen) atoms. The van der Waals surface area contributed by atoms with Gasteiger partial charge in [0.25, 0.3) is 0 Å². The fourth-order valence-corrected chi connectivity index (χ4v) is 3.19. The smallest absolute Gasteiger partial charge is 0.230 e. The van der Waals surface area contributed by atoms with Gasteiger partial charge in [-0.05, 0) is 43.5 Å². The number of hydrogen-bond acceptors (Lipinski definition) is 5. The first kappa shape index (κ1) is 20.2. The number of nitrogens with one attached hydrogen (secondary N) is 1. The van der Waals surface area contributed by atoms with E-state index in [1.807, 2.05) is 6.92 Å². The van der Waals surface area contributed by atoms with Crippen LogP contribution in [0.25, 0.3) is 11.4 Å². The molecule has 0 radical (unpaired) electrons. The fourth-order valence-electron chi connectivity index (χ4n) is 2.52. The summed E-state index contributed by atoms with van der Waals surface area (Å²) in [7, 11) is 0. The molecule has 1 amide bonds. The third kappa shape index (κ3) is 6.01. The summed E-state index contributed by atoms with van der Waals surface area (Å²) in [4.78, 5) is 12.1. The van der Waals surface area contributed by atoms with E-state index in [9.17, 15) is 9.18 Å². The molecule has 142 valence electrons. The number of carbonyl (C=O) groups excluding carboxylic acids is 1. The van der Waals surface area contributed by atoms with Gasteiger partial charge >= 0.3 is 0 Å². The van der Waals surface area contributed by atoms with Crippen LogP contribution in [0.4, 0.5) is 4.39 Å². The summed E-state index contributed by atoms with van der Waals surface area (Å²) in [5.74, 6) is 6.94. The summed E-state index contributed by atoms with van der Waals surface area (Å²) in [6.07, 6.45) is 3.23. The van der Waals surface area contributed by atoms with Gasteiger partial charge in [0.2, 0.25) is 11.1 Å². The van der Waals surface area contributed by atoms with Crippen molar-refractivity contribution in [1.29, 1.82) is 0 Å². The Morgan fingerprint density at radius 3 is 2.58 bits per heavy atom. The van der Waals surface area contributed by atoms with Gasteiger partial charge in [0.15, 0.2) is 5.82 Å². The molecule has 1 aromatic heterocycles. The van der Waals surface area contributed by atoms with Crippen LogP contribution in [0.2, 0.25) is 0 Å². The van der Waals surface area contributed by atoms with Crippen LogP contribution in [0.5, 0.6) is 0 Å². The molecular weight excluding hydrogens is 353 g/mol. The maximum Gasteiger partial charge on any atom is 0.230 e. The maximum atomic E-state index is 13.0. The second-order valence-electron chi connectivity index (χ2n) is 6.77. The molecule has 3 N–H and O–H groups in total. The van der Waals surface area contributed by atoms with Gasteiger partial charge in [-0.25, -0.2) is 9.07 Å². The average Bonchev–Trinajstić information content (AvgIpc) is 2.94. The van der Waals surface area contributed by atoms with Gasteiger partial charge in [-0.3, -0.25) is 4.79 Å². The van der Waals surface area contributed by atoms with Crippen LogP contribution in [0.15, 0.2) is 29.4 Å². The second-order valence-corrected chi connectivity index (χ2v) is 7.71. The van der Waals surface area contributed by atoms with Crippen molar-refractivity contribution in [2.75, 3.05) is 11.6 Å². The Kier molecular flexibility index (Phi) is 7.44. The molecule has 8 heteroatoms. The number of nitrogen functional groups attached to an aromatic ring is 1. The van der Waals surface area contributed by atoms with Gasteiger partial charge < -0.3 is 11.2 Å². The Hall–Kier alpha value is -2.09. The van der Waals surface area contributed by atoms with E-state index in [4.69, 9.17) is 5.84 Å². The van der Waals surface area contributed by atoms with Crippen molar-refractivity contribution in [3.63, 3.8) is 0 Å². The van der Waals surface area contributed by atoms with Crippen LogP contribution in [-0.4, -0.2) is 32.6 Å². The molecule has 0 bridgehead atoms. The van der Waals surface area contributed by atoms with Crippen molar-refractivity contribution in [3.8, 4) is 11.4 Å². The van der Waals surface area contributed by atoms with Crippen molar-refractivity contribution >= 4 is 17.7 Å². The largest absolute Gasteiger partial charge is 0.353 e. The Balaban J connectivity index is 1.84. The van der Waals surface area contributed by atoms with Crippen molar-refractivity contribution < 1.29 is 9.18 Å². The van der Waals surface area contributed by atoms with Crippen LogP contribution >= 0.6 is 11.8 Å². The van der Waals surface area contributed by atoms with E-state index in [1.165, 1.54) is 28.6 Å². The van der Waals surface area contributed by atoms with E-state index in [1.54, 1.807) is 12.1 Å². The molecule has 0 aliphatic rings. The number of nitrogens with zero attached hydrogens (tertiary/aromatic N) is 3. The molecule has 0 aliphatic carbocycles. The third-order valence-electron chi connectivity index (χ3n) is 3.93. The number of rotatable bonds is 9. The first-order valence-corrected chi connectivity index (χ1v) is 9.74. The van der Waals surface area contributed by atoms with Crippen molar-refractivity contribution in [3.05, 3.63) is 30.1 Å². The van der Waals surface area contributed by atoms with Gasteiger partial charge in [0.05, 0.1) is 5.75 Å². The molecule has 0 aliphatic heterocycles. The molecule has 2 aromatic rings. The normalized spacial score (nSPS) is 12.3. The first-order chi connectivity index (χ1) is 12.4. The highest BCUT2D eigenvalue weighted by Crippen LogP contribution is 2.21. The highest BCUT2D eigenvalue weighted by Gasteiger charge is 2.15. The van der Waals surface area contributed by atoms with E-state index in [0.29, 0.717) is 22.5 Å². The summed E-state index contributed by atoms with van der Waals surface area (Å²) < 4.78 is 14.3. The fraction of sp³-hybridized carbons (Fsp3) is 0.500. The lowest BCUT2D eigenvalue weighted by Gasteiger charge is -2.14. The number of aromatic nitrogens is 3. The van der Waals surface area contributed by atoms with E-state index < -0.39 is 0 Å². The van der Waals surface area contributed by atoms with E-state index in [0.717, 1.165) is 19.3 Å². The number of thioether (sulfide) groups is 1. The maximum absolute atomic E-state index is 13.0. The van der Waals surface area contributed by atoms with Gasteiger partial charge in [0, 0.05) is 11.6 Å². The van der Waals surface area contributed by atoms with Gasteiger partial charge in [0.1, 0.15) is 5.82 Å². The molecule has 0 saturated heterocycles. The Bertz CT molecular complexity index is 717. The van der Waals surface area contributed by atoms with E-state index in [-0.39, 0.29) is 23.5 Å². The monoisotopic (exact) mass is 379 g/mol. The van der Waals surface area contributed by atoms with Crippen molar-refractivity contribution in [2.24, 2.45) is 5.92 Å². The molecular formula is C18H26FN5OS. The molecule has 0 fully saturated rings. The molecule has 1 atom stereocenters. The number of carbonyl (C=O) groups is 1. The predicted molar refractivity (Wildman–Crippen MR) is 103 cm³/mol. The van der Waals surface area contributed by atoms with Crippen molar-refractivity contribution in [2.45, 2.75) is 51.2 Å². The highest BCUT2D eigenvalue weighted by molar-refractivity contribution is 7.99. The molecule has 0 saturated carbocycles. The van der Waals surface area contributed by atoms with Crippen LogP contribution < -0.4 is 11.2 Å². The molecule has 1 unspecified atom stereocenters. The second kappa shape index (κ2) is 9.56. The van der Waals surface area contributed by atoms with Gasteiger partial charge in [-0.15, -0.1) is 10.2 Å². The van der Waals surface area contributed by atoms with Gasteiger partial charge in [-0.2, -0.15) is 0 Å². The SMILES string of the molecule is CC(C)CCCC(C)NC(=O)CSc1nnc(-c2ccc(F)cc2)n1N. The standard InChI is InChI=1S/C18H26FN5OS/c1-12(2)5-4-6-13(3)21-16(25)11-26-18-23-22-17(24(18)20)14-7-9-15(19)10-8-14/h7-10,12-13H,4-6,11,20H2,1-3H3,(H,21,25). The predicted octanol–water partition coefficient (Wildman–Crippen LogP) is 3.22. The molecule has 1 aromatic carbocycles. The minimum atomic E-state index is -0.328. The zero-order valence-electron chi connectivity index (χ0n) is 15.4. The summed E-state index contributed by atoms with van der Waals surface area (Å²) in [6.45, 7) is 6.41. The number of amides is 1. The van der Waals surface area contributed by atoms with Crippen LogP contribution in [0.1, 0.15) is 40.0 Å². The number of benzene rings is 1. The Labute approximate surface area is 157 Å². The Morgan fingerprint density at radius 1 is 1.23 bits per heavy atom. The summed E-state index contributed by atoms with van der Waals surface area (Å²) in [5.41, 5.74) is 0.663. The van der Waals surface area contributed by atoms with Crippen LogP contribution in [0, 0.1) is 11.7 Å². The molecule has 6 nitrogen and oxygen atoms in total. The molecule has 2 rings (SSSR count). The molecule has 0 spiro atoms.